The van der Waals surface area contributed by atoms with E-state index in [1.165, 1.54) is 0 Å². The molecule has 6 heteroatoms. The molecule has 1 unspecified atom stereocenters. The predicted octanol–water partition coefficient (Wildman–Crippen LogP) is 0.393. The first-order chi connectivity index (χ1) is 5.08. The summed E-state index contributed by atoms with van der Waals surface area (Å²) in [5.74, 6) is 0.395. The molecule has 0 spiro atoms. The van der Waals surface area contributed by atoms with Gasteiger partial charge < -0.3 is 4.74 Å². The van der Waals surface area contributed by atoms with E-state index < -0.39 is 9.05 Å². The second-order valence-electron chi connectivity index (χ2n) is 2.37. The van der Waals surface area contributed by atoms with Crippen molar-refractivity contribution in [2.75, 3.05) is 12.4 Å². The van der Waals surface area contributed by atoms with E-state index in [1.54, 1.807) is 0 Å². The third-order valence-corrected chi connectivity index (χ3v) is 3.58. The van der Waals surface area contributed by atoms with Gasteiger partial charge in [-0.3, -0.25) is 9.11 Å². The van der Waals surface area contributed by atoms with Crippen molar-refractivity contribution in [3.05, 3.63) is 0 Å². The Morgan fingerprint density at radius 1 is 1.64 bits per heavy atom. The summed E-state index contributed by atoms with van der Waals surface area (Å²) < 4.78 is 32.5. The van der Waals surface area contributed by atoms with E-state index in [-0.39, 0.29) is 6.10 Å². The van der Waals surface area contributed by atoms with Gasteiger partial charge in [0, 0.05) is 6.61 Å². The van der Waals surface area contributed by atoms with E-state index in [9.17, 15) is 4.21 Å². The van der Waals surface area contributed by atoms with Crippen LogP contribution in [0.4, 0.5) is 0 Å². The summed E-state index contributed by atoms with van der Waals surface area (Å²) in [6.45, 7) is 0.725. The highest BCUT2D eigenvalue weighted by molar-refractivity contribution is 8.34. The van der Waals surface area contributed by atoms with E-state index in [0.717, 1.165) is 19.4 Å². The van der Waals surface area contributed by atoms with Crippen LogP contribution in [-0.2, 0) is 24.1 Å². The molecule has 11 heavy (non-hydrogen) atoms. The molecule has 66 valence electrons. The van der Waals surface area contributed by atoms with Crippen LogP contribution in [0.5, 0.6) is 0 Å². The highest BCUT2D eigenvalue weighted by atomic mass is 32.9. The lowest BCUT2D eigenvalue weighted by Crippen LogP contribution is -2.12. The minimum absolute atomic E-state index is 0.0418. The van der Waals surface area contributed by atoms with E-state index in [2.05, 4.69) is 0 Å². The summed E-state index contributed by atoms with van der Waals surface area (Å²) in [5.41, 5.74) is 0. The van der Waals surface area contributed by atoms with E-state index >= 15 is 0 Å². The Labute approximate surface area is 69.2 Å². The number of rotatable bonds is 2. The van der Waals surface area contributed by atoms with Gasteiger partial charge in [0.25, 0.3) is 10.3 Å². The molecule has 0 saturated carbocycles. The first-order valence-corrected chi connectivity index (χ1v) is 6.30. The molecule has 0 aliphatic carbocycles. The summed E-state index contributed by atoms with van der Waals surface area (Å²) in [5, 5.41) is 0. The summed E-state index contributed by atoms with van der Waals surface area (Å²) >= 11 is 0. The summed E-state index contributed by atoms with van der Waals surface area (Å²) in [6, 6.07) is 0. The topological polar surface area (TPSA) is 66.8 Å². The third kappa shape index (κ3) is 3.97. The number of hydrogen-bond acceptors (Lipinski definition) is 2. The lowest BCUT2D eigenvalue weighted by Gasteiger charge is -1.96. The van der Waals surface area contributed by atoms with Crippen molar-refractivity contribution in [3.63, 3.8) is 0 Å². The molecular weight excluding hydrogens is 188 g/mol. The minimum Gasteiger partial charge on any atom is -0.373 e. The molecule has 1 rings (SSSR count). The SMILES string of the molecule is O=S(O)(O)=[S+]CC1CCCO1. The van der Waals surface area contributed by atoms with Crippen LogP contribution in [0.3, 0.4) is 0 Å². The van der Waals surface area contributed by atoms with Crippen LogP contribution < -0.4 is 0 Å². The lowest BCUT2D eigenvalue weighted by atomic mass is 10.3. The second kappa shape index (κ2) is 3.77. The molecule has 1 saturated heterocycles. The van der Waals surface area contributed by atoms with Gasteiger partial charge in [-0.2, -0.15) is 4.21 Å². The summed E-state index contributed by atoms with van der Waals surface area (Å²) in [6.07, 6.45) is 1.96. The van der Waals surface area contributed by atoms with Crippen LogP contribution in [0.2, 0.25) is 0 Å². The van der Waals surface area contributed by atoms with Gasteiger partial charge in [-0.15, -0.1) is 0 Å². The van der Waals surface area contributed by atoms with E-state index in [4.69, 9.17) is 13.8 Å². The fourth-order valence-electron chi connectivity index (χ4n) is 0.940. The van der Waals surface area contributed by atoms with Crippen LogP contribution in [0.15, 0.2) is 0 Å². The molecule has 0 bridgehead atoms. The predicted molar refractivity (Wildman–Crippen MR) is 44.6 cm³/mol. The van der Waals surface area contributed by atoms with Gasteiger partial charge in [0.1, 0.15) is 6.10 Å². The van der Waals surface area contributed by atoms with Crippen LogP contribution in [-0.4, -0.2) is 31.8 Å². The maximum atomic E-state index is 10.4. The Morgan fingerprint density at radius 2 is 2.36 bits per heavy atom. The van der Waals surface area contributed by atoms with Gasteiger partial charge in [0.15, 0.2) is 0 Å². The normalized spacial score (nSPS) is 25.5. The zero-order valence-corrected chi connectivity index (χ0v) is 7.57. The molecule has 0 radical (unpaired) electrons. The Kier molecular flexibility index (Phi) is 3.20. The fraction of sp³-hybridized carbons (Fsp3) is 1.00. The lowest BCUT2D eigenvalue weighted by molar-refractivity contribution is 0.129. The zero-order chi connectivity index (χ0) is 8.32. The van der Waals surface area contributed by atoms with Gasteiger partial charge >= 0.3 is 9.05 Å². The maximum absolute atomic E-state index is 10.4. The van der Waals surface area contributed by atoms with E-state index in [0.29, 0.717) is 16.1 Å². The van der Waals surface area contributed by atoms with Crippen molar-refractivity contribution >= 4 is 19.4 Å². The quantitative estimate of drug-likeness (QED) is 0.631. The maximum Gasteiger partial charge on any atom is 0.430 e. The summed E-state index contributed by atoms with van der Waals surface area (Å²) in [7, 11) is -2.98. The Hall–Kier alpha value is 0.250. The Balaban J connectivity index is 2.37. The van der Waals surface area contributed by atoms with Crippen molar-refractivity contribution in [2.45, 2.75) is 18.9 Å². The molecule has 1 aliphatic rings. The van der Waals surface area contributed by atoms with Crippen LogP contribution in [0, 0.1) is 0 Å². The van der Waals surface area contributed by atoms with Gasteiger partial charge in [-0.25, -0.2) is 0 Å². The second-order valence-corrected chi connectivity index (χ2v) is 5.84. The average molecular weight is 199 g/mol. The fourth-order valence-corrected chi connectivity index (χ4v) is 2.52. The smallest absolute Gasteiger partial charge is 0.373 e. The number of ether oxygens (including phenoxy) is 1. The monoisotopic (exact) mass is 199 g/mol. The average Bonchev–Trinajstić information content (AvgIpc) is 2.32. The van der Waals surface area contributed by atoms with Crippen LogP contribution in [0.1, 0.15) is 12.8 Å². The Morgan fingerprint density at radius 3 is 2.82 bits per heavy atom. The third-order valence-electron chi connectivity index (χ3n) is 1.43. The van der Waals surface area contributed by atoms with Crippen molar-refractivity contribution < 1.29 is 18.1 Å². The first kappa shape index (κ1) is 9.34. The van der Waals surface area contributed by atoms with Crippen molar-refractivity contribution in [2.24, 2.45) is 0 Å². The van der Waals surface area contributed by atoms with Gasteiger partial charge in [-0.1, -0.05) is 0 Å². The highest BCUT2D eigenvalue weighted by Gasteiger charge is 2.22. The molecule has 0 amide bonds. The summed E-state index contributed by atoms with van der Waals surface area (Å²) in [4.78, 5) is 0. The van der Waals surface area contributed by atoms with Gasteiger partial charge in [0.05, 0.1) is 0 Å². The largest absolute Gasteiger partial charge is 0.430 e. The highest BCUT2D eigenvalue weighted by Crippen LogP contribution is 2.11. The molecule has 1 atom stereocenters. The zero-order valence-electron chi connectivity index (χ0n) is 5.93. The molecule has 0 aromatic heterocycles. The van der Waals surface area contributed by atoms with Gasteiger partial charge in [-0.05, 0) is 12.8 Å². The Bertz CT molecular complexity index is 217. The number of hydrogen-bond donors (Lipinski definition) is 2. The van der Waals surface area contributed by atoms with Crippen LogP contribution >= 0.6 is 0 Å². The van der Waals surface area contributed by atoms with Crippen molar-refractivity contribution in [1.82, 2.24) is 0 Å². The van der Waals surface area contributed by atoms with Gasteiger partial charge in [0.2, 0.25) is 5.75 Å². The molecule has 0 aromatic carbocycles. The first-order valence-electron chi connectivity index (χ1n) is 3.33. The molecular formula is C5H11O4S2+. The molecule has 1 fully saturated rings. The molecule has 4 nitrogen and oxygen atoms in total. The molecule has 0 aromatic rings. The molecule has 1 heterocycles. The van der Waals surface area contributed by atoms with Crippen LogP contribution in [0.25, 0.3) is 0 Å². The van der Waals surface area contributed by atoms with Crippen molar-refractivity contribution in [1.29, 1.82) is 0 Å². The molecule has 2 N–H and O–H groups in total. The van der Waals surface area contributed by atoms with E-state index in [1.807, 2.05) is 0 Å². The standard InChI is InChI=1S/C5H10O4S2/c6-11(7,8)10-4-5-2-1-3-9-5/h5H,1-4H2,(H-,6,7,8)/p+1. The minimum atomic E-state index is -3.62. The van der Waals surface area contributed by atoms with Crippen molar-refractivity contribution in [3.8, 4) is 0 Å². The molecule has 1 aliphatic heterocycles.